The van der Waals surface area contributed by atoms with Gasteiger partial charge in [0.15, 0.2) is 5.84 Å². The smallest absolute Gasteiger partial charge is 0.156 e. The fourth-order valence-corrected chi connectivity index (χ4v) is 2.47. The zero-order chi connectivity index (χ0) is 12.7. The number of nitrogens with two attached hydrogens (primary N) is 1. The molecule has 3 N–H and O–H groups in total. The fraction of sp³-hybridized carbons (Fsp3) is 0.917. The highest BCUT2D eigenvalue weighted by Crippen LogP contribution is 2.16. The van der Waals surface area contributed by atoms with Gasteiger partial charge in [-0.25, -0.2) is 0 Å². The van der Waals surface area contributed by atoms with Crippen LogP contribution in [0.25, 0.3) is 0 Å². The molecule has 0 aliphatic carbocycles. The Bertz CT molecular complexity index is 241. The van der Waals surface area contributed by atoms with Gasteiger partial charge in [-0.15, -0.1) is 0 Å². The van der Waals surface area contributed by atoms with Gasteiger partial charge >= 0.3 is 0 Å². The SMILES string of the molecule is CCN(CC)CCN1CCCCC1C(N)=NO. The Morgan fingerprint density at radius 2 is 2.12 bits per heavy atom. The summed E-state index contributed by atoms with van der Waals surface area (Å²) in [6.45, 7) is 9.64. The van der Waals surface area contributed by atoms with Crippen molar-refractivity contribution in [3.63, 3.8) is 0 Å². The maximum Gasteiger partial charge on any atom is 0.156 e. The Morgan fingerprint density at radius 3 is 2.71 bits per heavy atom. The molecule has 0 aromatic carbocycles. The number of likely N-dealkylation sites (tertiary alicyclic amines) is 1. The Labute approximate surface area is 104 Å². The first-order valence-electron chi connectivity index (χ1n) is 6.66. The normalized spacial score (nSPS) is 23.2. The number of hydrogen-bond acceptors (Lipinski definition) is 4. The maximum atomic E-state index is 8.80. The quantitative estimate of drug-likeness (QED) is 0.315. The lowest BCUT2D eigenvalue weighted by molar-refractivity contribution is 0.159. The number of hydrogen-bond donors (Lipinski definition) is 2. The average Bonchev–Trinajstić information content (AvgIpc) is 2.39. The lowest BCUT2D eigenvalue weighted by Gasteiger charge is -2.35. The van der Waals surface area contributed by atoms with Crippen molar-refractivity contribution in [3.05, 3.63) is 0 Å². The molecule has 5 nitrogen and oxygen atoms in total. The van der Waals surface area contributed by atoms with E-state index in [1.165, 1.54) is 12.8 Å². The van der Waals surface area contributed by atoms with E-state index in [0.29, 0.717) is 5.84 Å². The van der Waals surface area contributed by atoms with E-state index < -0.39 is 0 Å². The van der Waals surface area contributed by atoms with E-state index in [9.17, 15) is 0 Å². The minimum Gasteiger partial charge on any atom is -0.409 e. The van der Waals surface area contributed by atoms with E-state index in [1.807, 2.05) is 0 Å². The average molecular weight is 242 g/mol. The molecule has 0 aromatic heterocycles. The molecule has 1 fully saturated rings. The van der Waals surface area contributed by atoms with Crippen molar-refractivity contribution in [3.8, 4) is 0 Å². The monoisotopic (exact) mass is 242 g/mol. The Hall–Kier alpha value is -0.810. The maximum absolute atomic E-state index is 8.80. The van der Waals surface area contributed by atoms with Crippen LogP contribution in [0.2, 0.25) is 0 Å². The Kier molecular flexibility index (Phi) is 6.29. The van der Waals surface area contributed by atoms with Gasteiger partial charge in [-0.1, -0.05) is 25.4 Å². The predicted molar refractivity (Wildman–Crippen MR) is 70.4 cm³/mol. The first kappa shape index (κ1) is 14.3. The van der Waals surface area contributed by atoms with Gasteiger partial charge in [-0.3, -0.25) is 4.90 Å². The van der Waals surface area contributed by atoms with E-state index in [2.05, 4.69) is 28.8 Å². The first-order chi connectivity index (χ1) is 8.22. The van der Waals surface area contributed by atoms with E-state index in [-0.39, 0.29) is 6.04 Å². The minimum atomic E-state index is 0.129. The molecule has 5 heteroatoms. The summed E-state index contributed by atoms with van der Waals surface area (Å²) in [6.07, 6.45) is 3.39. The summed E-state index contributed by atoms with van der Waals surface area (Å²) in [6, 6.07) is 0.129. The molecular weight excluding hydrogens is 216 g/mol. The van der Waals surface area contributed by atoms with Crippen LogP contribution in [0.4, 0.5) is 0 Å². The second-order valence-corrected chi connectivity index (χ2v) is 4.60. The van der Waals surface area contributed by atoms with Gasteiger partial charge in [0.05, 0.1) is 6.04 Å². The molecule has 1 unspecified atom stereocenters. The first-order valence-corrected chi connectivity index (χ1v) is 6.66. The topological polar surface area (TPSA) is 65.1 Å². The van der Waals surface area contributed by atoms with Crippen LogP contribution in [0.3, 0.4) is 0 Å². The molecule has 0 radical (unpaired) electrons. The van der Waals surface area contributed by atoms with Gasteiger partial charge in [0.25, 0.3) is 0 Å². The third-order valence-corrected chi connectivity index (χ3v) is 3.67. The summed E-state index contributed by atoms with van der Waals surface area (Å²) in [4.78, 5) is 4.74. The fourth-order valence-electron chi connectivity index (χ4n) is 2.47. The molecule has 0 saturated carbocycles. The highest BCUT2D eigenvalue weighted by atomic mass is 16.4. The van der Waals surface area contributed by atoms with Gasteiger partial charge in [0, 0.05) is 13.1 Å². The van der Waals surface area contributed by atoms with Crippen molar-refractivity contribution < 1.29 is 5.21 Å². The van der Waals surface area contributed by atoms with E-state index in [4.69, 9.17) is 10.9 Å². The van der Waals surface area contributed by atoms with E-state index >= 15 is 0 Å². The van der Waals surface area contributed by atoms with Gasteiger partial charge in [0.1, 0.15) is 0 Å². The summed E-state index contributed by atoms with van der Waals surface area (Å²) in [5, 5.41) is 12.0. The number of oxime groups is 1. The number of likely N-dealkylation sites (N-methyl/N-ethyl adjacent to an activating group) is 1. The number of nitrogens with zero attached hydrogens (tertiary/aromatic N) is 3. The van der Waals surface area contributed by atoms with Crippen LogP contribution in [0.1, 0.15) is 33.1 Å². The summed E-state index contributed by atoms with van der Waals surface area (Å²) in [7, 11) is 0. The van der Waals surface area contributed by atoms with Gasteiger partial charge < -0.3 is 15.8 Å². The molecule has 0 bridgehead atoms. The van der Waals surface area contributed by atoms with Crippen molar-refractivity contribution in [2.45, 2.75) is 39.2 Å². The predicted octanol–water partition coefficient (Wildman–Crippen LogP) is 0.929. The van der Waals surface area contributed by atoms with Crippen molar-refractivity contribution in [1.29, 1.82) is 0 Å². The third-order valence-electron chi connectivity index (χ3n) is 3.67. The van der Waals surface area contributed by atoms with Crippen LogP contribution in [0.15, 0.2) is 5.16 Å². The summed E-state index contributed by atoms with van der Waals surface area (Å²) in [5.41, 5.74) is 5.75. The van der Waals surface area contributed by atoms with Crippen LogP contribution < -0.4 is 5.73 Å². The second kappa shape index (κ2) is 7.50. The standard InChI is InChI=1S/C12H26N4O/c1-3-15(4-2)9-10-16-8-6-5-7-11(16)12(13)14-17/h11,17H,3-10H2,1-2H3,(H2,13,14). The molecule has 1 heterocycles. The molecule has 100 valence electrons. The van der Waals surface area contributed by atoms with E-state index in [0.717, 1.165) is 39.1 Å². The molecule has 0 amide bonds. The molecule has 1 aliphatic rings. The van der Waals surface area contributed by atoms with Crippen molar-refractivity contribution in [2.75, 3.05) is 32.7 Å². The molecule has 0 spiro atoms. The summed E-state index contributed by atoms with van der Waals surface area (Å²) in [5.74, 6) is 0.365. The second-order valence-electron chi connectivity index (χ2n) is 4.60. The molecule has 1 saturated heterocycles. The van der Waals surface area contributed by atoms with E-state index in [1.54, 1.807) is 0 Å². The Balaban J connectivity index is 2.48. The van der Waals surface area contributed by atoms with Crippen molar-refractivity contribution >= 4 is 5.84 Å². The van der Waals surface area contributed by atoms with Crippen LogP contribution in [0.5, 0.6) is 0 Å². The zero-order valence-corrected chi connectivity index (χ0v) is 11.1. The number of piperidine rings is 1. The summed E-state index contributed by atoms with van der Waals surface area (Å²) < 4.78 is 0. The van der Waals surface area contributed by atoms with Gasteiger partial charge in [-0.2, -0.15) is 0 Å². The van der Waals surface area contributed by atoms with Crippen LogP contribution in [0, 0.1) is 0 Å². The lowest BCUT2D eigenvalue weighted by atomic mass is 10.0. The zero-order valence-electron chi connectivity index (χ0n) is 11.1. The minimum absolute atomic E-state index is 0.129. The highest BCUT2D eigenvalue weighted by Gasteiger charge is 2.25. The van der Waals surface area contributed by atoms with Crippen molar-refractivity contribution in [1.82, 2.24) is 9.80 Å². The number of rotatable bonds is 6. The lowest BCUT2D eigenvalue weighted by Crippen LogP contribution is -2.50. The molecule has 1 rings (SSSR count). The molecule has 1 atom stereocenters. The van der Waals surface area contributed by atoms with Crippen molar-refractivity contribution in [2.24, 2.45) is 10.9 Å². The van der Waals surface area contributed by atoms with Crippen LogP contribution >= 0.6 is 0 Å². The molecular formula is C12H26N4O. The Morgan fingerprint density at radius 1 is 1.41 bits per heavy atom. The van der Waals surface area contributed by atoms with Crippen LogP contribution in [-0.2, 0) is 0 Å². The number of amidine groups is 1. The van der Waals surface area contributed by atoms with Gasteiger partial charge in [-0.05, 0) is 32.5 Å². The summed E-state index contributed by atoms with van der Waals surface area (Å²) >= 11 is 0. The molecule has 17 heavy (non-hydrogen) atoms. The third kappa shape index (κ3) is 4.16. The molecule has 0 aromatic rings. The molecule has 1 aliphatic heterocycles. The highest BCUT2D eigenvalue weighted by molar-refractivity contribution is 5.85. The van der Waals surface area contributed by atoms with Crippen LogP contribution in [-0.4, -0.2) is 59.6 Å². The largest absolute Gasteiger partial charge is 0.409 e. The van der Waals surface area contributed by atoms with Gasteiger partial charge in [0.2, 0.25) is 0 Å².